The van der Waals surface area contributed by atoms with Gasteiger partial charge >= 0.3 is 5.97 Å². The first-order valence-electron chi connectivity index (χ1n) is 7.06. The quantitative estimate of drug-likeness (QED) is 0.516. The standard InChI is InChI=1S/C17H13FN2O3S/c1-22-16(21)12-8-6-11(7-9-12)10-24-17-20-19-15(23-17)13-4-2-3-5-14(13)18/h2-9H,10H2,1H3. The highest BCUT2D eigenvalue weighted by Gasteiger charge is 2.13. The first-order chi connectivity index (χ1) is 11.7. The van der Waals surface area contributed by atoms with Gasteiger partial charge in [-0.15, -0.1) is 10.2 Å². The molecule has 1 aromatic heterocycles. The fourth-order valence-corrected chi connectivity index (χ4v) is 2.73. The lowest BCUT2D eigenvalue weighted by Gasteiger charge is -2.01. The number of hydrogen-bond acceptors (Lipinski definition) is 6. The third-order valence-corrected chi connectivity index (χ3v) is 4.14. The largest absolute Gasteiger partial charge is 0.465 e. The summed E-state index contributed by atoms with van der Waals surface area (Å²) in [6.07, 6.45) is 0. The Morgan fingerprint density at radius 2 is 1.92 bits per heavy atom. The van der Waals surface area contributed by atoms with Crippen molar-refractivity contribution in [2.45, 2.75) is 11.0 Å². The molecule has 0 fully saturated rings. The highest BCUT2D eigenvalue weighted by Crippen LogP contribution is 2.27. The fourth-order valence-electron chi connectivity index (χ4n) is 2.01. The van der Waals surface area contributed by atoms with Gasteiger partial charge in [0, 0.05) is 5.75 Å². The van der Waals surface area contributed by atoms with Crippen molar-refractivity contribution in [3.05, 3.63) is 65.5 Å². The Hall–Kier alpha value is -2.67. The van der Waals surface area contributed by atoms with Crippen molar-refractivity contribution in [1.82, 2.24) is 10.2 Å². The zero-order valence-corrected chi connectivity index (χ0v) is 13.5. The summed E-state index contributed by atoms with van der Waals surface area (Å²) in [7, 11) is 1.34. The van der Waals surface area contributed by atoms with Crippen LogP contribution in [0.25, 0.3) is 11.5 Å². The monoisotopic (exact) mass is 344 g/mol. The number of esters is 1. The average Bonchev–Trinajstić information content (AvgIpc) is 3.09. The highest BCUT2D eigenvalue weighted by molar-refractivity contribution is 7.98. The Bertz CT molecular complexity index is 849. The Balaban J connectivity index is 1.65. The average molecular weight is 344 g/mol. The lowest BCUT2D eigenvalue weighted by atomic mass is 10.1. The zero-order valence-electron chi connectivity index (χ0n) is 12.7. The van der Waals surface area contributed by atoms with Crippen LogP contribution in [0.3, 0.4) is 0 Å². The van der Waals surface area contributed by atoms with Gasteiger partial charge in [-0.2, -0.15) is 0 Å². The van der Waals surface area contributed by atoms with Crippen LogP contribution >= 0.6 is 11.8 Å². The molecule has 0 spiro atoms. The summed E-state index contributed by atoms with van der Waals surface area (Å²) >= 11 is 1.34. The second-order valence-corrected chi connectivity index (χ2v) is 5.76. The van der Waals surface area contributed by atoms with Crippen LogP contribution in [0.15, 0.2) is 58.2 Å². The smallest absolute Gasteiger partial charge is 0.337 e. The van der Waals surface area contributed by atoms with Crippen molar-refractivity contribution < 1.29 is 18.3 Å². The van der Waals surface area contributed by atoms with E-state index in [0.29, 0.717) is 16.5 Å². The molecule has 0 saturated heterocycles. The van der Waals surface area contributed by atoms with E-state index in [4.69, 9.17) is 4.42 Å². The lowest BCUT2D eigenvalue weighted by Crippen LogP contribution is -2.00. The topological polar surface area (TPSA) is 65.2 Å². The molecule has 1 heterocycles. The van der Waals surface area contributed by atoms with Gasteiger partial charge in [-0.25, -0.2) is 9.18 Å². The molecule has 0 saturated carbocycles. The van der Waals surface area contributed by atoms with E-state index < -0.39 is 5.82 Å². The summed E-state index contributed by atoms with van der Waals surface area (Å²) in [6.45, 7) is 0. The van der Waals surface area contributed by atoms with Gasteiger partial charge in [0.25, 0.3) is 11.1 Å². The minimum absolute atomic E-state index is 0.150. The molecule has 2 aromatic carbocycles. The van der Waals surface area contributed by atoms with Crippen molar-refractivity contribution in [2.75, 3.05) is 7.11 Å². The van der Waals surface area contributed by atoms with Crippen LogP contribution in [-0.2, 0) is 10.5 Å². The molecule has 0 aliphatic rings. The summed E-state index contributed by atoms with van der Waals surface area (Å²) < 4.78 is 23.8. The van der Waals surface area contributed by atoms with E-state index in [1.807, 2.05) is 12.1 Å². The normalized spacial score (nSPS) is 10.6. The number of thioether (sulfide) groups is 1. The maximum atomic E-state index is 13.7. The van der Waals surface area contributed by atoms with Crippen molar-refractivity contribution in [3.8, 4) is 11.5 Å². The first kappa shape index (κ1) is 16.2. The van der Waals surface area contributed by atoms with Gasteiger partial charge in [0.2, 0.25) is 0 Å². The molecule has 0 amide bonds. The van der Waals surface area contributed by atoms with E-state index in [2.05, 4.69) is 14.9 Å². The molecule has 0 bridgehead atoms. The Morgan fingerprint density at radius 3 is 2.62 bits per heavy atom. The molecule has 0 atom stereocenters. The summed E-state index contributed by atoms with van der Waals surface area (Å²) in [5.74, 6) is -0.0474. The molecule has 24 heavy (non-hydrogen) atoms. The van der Waals surface area contributed by atoms with Gasteiger partial charge in [0.05, 0.1) is 18.2 Å². The second-order valence-electron chi connectivity index (χ2n) is 4.83. The number of hydrogen-bond donors (Lipinski definition) is 0. The number of carbonyl (C=O) groups excluding carboxylic acids is 1. The number of benzene rings is 2. The molecule has 0 aliphatic carbocycles. The van der Waals surface area contributed by atoms with Gasteiger partial charge < -0.3 is 9.15 Å². The van der Waals surface area contributed by atoms with Crippen LogP contribution in [-0.4, -0.2) is 23.3 Å². The molecule has 3 aromatic rings. The third-order valence-electron chi connectivity index (χ3n) is 3.25. The Labute approximate surface area is 141 Å². The molecule has 7 heteroatoms. The minimum Gasteiger partial charge on any atom is -0.465 e. The van der Waals surface area contributed by atoms with E-state index in [0.717, 1.165) is 5.56 Å². The lowest BCUT2D eigenvalue weighted by molar-refractivity contribution is 0.0600. The van der Waals surface area contributed by atoms with Crippen LogP contribution in [0, 0.1) is 5.82 Å². The van der Waals surface area contributed by atoms with Crippen LogP contribution in [0.1, 0.15) is 15.9 Å². The molecule has 0 unspecified atom stereocenters. The number of aromatic nitrogens is 2. The summed E-state index contributed by atoms with van der Waals surface area (Å²) in [5.41, 5.74) is 1.75. The maximum absolute atomic E-state index is 13.7. The van der Waals surface area contributed by atoms with Crippen molar-refractivity contribution in [2.24, 2.45) is 0 Å². The first-order valence-corrected chi connectivity index (χ1v) is 8.04. The van der Waals surface area contributed by atoms with E-state index in [1.54, 1.807) is 30.3 Å². The number of carbonyl (C=O) groups is 1. The van der Waals surface area contributed by atoms with E-state index in [1.165, 1.54) is 24.9 Å². The molecule has 0 radical (unpaired) electrons. The zero-order chi connectivity index (χ0) is 16.9. The van der Waals surface area contributed by atoms with E-state index >= 15 is 0 Å². The van der Waals surface area contributed by atoms with Gasteiger partial charge in [-0.1, -0.05) is 36.0 Å². The molecule has 5 nitrogen and oxygen atoms in total. The molecular weight excluding hydrogens is 331 g/mol. The van der Waals surface area contributed by atoms with Crippen LogP contribution in [0.2, 0.25) is 0 Å². The van der Waals surface area contributed by atoms with Gasteiger partial charge in [0.1, 0.15) is 5.82 Å². The number of methoxy groups -OCH3 is 1. The maximum Gasteiger partial charge on any atom is 0.337 e. The molecular formula is C17H13FN2O3S. The third kappa shape index (κ3) is 3.62. The van der Waals surface area contributed by atoms with Crippen molar-refractivity contribution in [3.63, 3.8) is 0 Å². The predicted octanol–water partition coefficient (Wildman–Crippen LogP) is 3.95. The number of halogens is 1. The Kier molecular flexibility index (Phi) is 4.90. The van der Waals surface area contributed by atoms with Crippen LogP contribution in [0.5, 0.6) is 0 Å². The van der Waals surface area contributed by atoms with Crippen LogP contribution < -0.4 is 0 Å². The predicted molar refractivity (Wildman–Crippen MR) is 87.0 cm³/mol. The molecule has 122 valence electrons. The second kappa shape index (κ2) is 7.27. The summed E-state index contributed by atoms with van der Waals surface area (Å²) in [6, 6.07) is 13.3. The SMILES string of the molecule is COC(=O)c1ccc(CSc2nnc(-c3ccccc3F)o2)cc1. The number of ether oxygens (including phenoxy) is 1. The summed E-state index contributed by atoms with van der Waals surface area (Å²) in [5, 5.41) is 8.13. The van der Waals surface area contributed by atoms with Gasteiger partial charge in [-0.05, 0) is 29.8 Å². The highest BCUT2D eigenvalue weighted by atomic mass is 32.2. The molecule has 0 aliphatic heterocycles. The van der Waals surface area contributed by atoms with Crippen LogP contribution in [0.4, 0.5) is 4.39 Å². The van der Waals surface area contributed by atoms with Crippen molar-refractivity contribution >= 4 is 17.7 Å². The van der Waals surface area contributed by atoms with Crippen molar-refractivity contribution in [1.29, 1.82) is 0 Å². The fraction of sp³-hybridized carbons (Fsp3) is 0.118. The summed E-state index contributed by atoms with van der Waals surface area (Å²) in [4.78, 5) is 11.4. The molecule has 3 rings (SSSR count). The van der Waals surface area contributed by atoms with E-state index in [-0.39, 0.29) is 17.4 Å². The Morgan fingerprint density at radius 1 is 1.17 bits per heavy atom. The molecule has 0 N–H and O–H groups in total. The number of nitrogens with zero attached hydrogens (tertiary/aromatic N) is 2. The minimum atomic E-state index is -0.406. The van der Waals surface area contributed by atoms with E-state index in [9.17, 15) is 9.18 Å². The number of rotatable bonds is 5. The van der Waals surface area contributed by atoms with Gasteiger partial charge in [0.15, 0.2) is 0 Å². The van der Waals surface area contributed by atoms with Gasteiger partial charge in [-0.3, -0.25) is 0 Å².